The quantitative estimate of drug-likeness (QED) is 0.553. The summed E-state index contributed by atoms with van der Waals surface area (Å²) in [5.41, 5.74) is 3.74. The molecule has 8 atom stereocenters. The summed E-state index contributed by atoms with van der Waals surface area (Å²) in [6.07, 6.45) is 13.1. The first-order valence-corrected chi connectivity index (χ1v) is 13.5. The third kappa shape index (κ3) is 5.50. The van der Waals surface area contributed by atoms with Gasteiger partial charge in [-0.2, -0.15) is 0 Å². The van der Waals surface area contributed by atoms with Crippen LogP contribution < -0.4 is 0 Å². The Labute approximate surface area is 201 Å². The van der Waals surface area contributed by atoms with E-state index in [2.05, 4.69) is 51.3 Å². The second-order valence-electron chi connectivity index (χ2n) is 12.0. The summed E-state index contributed by atoms with van der Waals surface area (Å²) < 4.78 is 5.92. The molecule has 0 spiro atoms. The van der Waals surface area contributed by atoms with E-state index in [0.29, 0.717) is 42.0 Å². The van der Waals surface area contributed by atoms with Crippen LogP contribution in [-0.2, 0) is 4.74 Å². The standard InChI is InChI=1S/C29H47NO3/c1-19(12-14-30-17-20(2)33-21(3)18-30)25-10-11-26-24(7-6-13-29(25,26)5)9-8-23-15-27(31)22(4)28(32)16-23/h8-9,19-21,25-28,31-32H,4,6-7,10-18H2,1-3,5H3/b24-9+/t19?,20-,21+,25-,26+,27-,28-,29-/m1/s1. The molecule has 3 aliphatic carbocycles. The van der Waals surface area contributed by atoms with Crippen LogP contribution in [0.5, 0.6) is 0 Å². The van der Waals surface area contributed by atoms with E-state index in [1.165, 1.54) is 45.1 Å². The van der Waals surface area contributed by atoms with Gasteiger partial charge in [-0.1, -0.05) is 43.7 Å². The first-order chi connectivity index (χ1) is 15.7. The first kappa shape index (κ1) is 25.2. The molecule has 0 bridgehead atoms. The van der Waals surface area contributed by atoms with Crippen LogP contribution in [0.25, 0.3) is 0 Å². The fraction of sp³-hybridized carbons (Fsp3) is 0.793. The van der Waals surface area contributed by atoms with Crippen molar-refractivity contribution in [2.24, 2.45) is 23.2 Å². The average molecular weight is 458 g/mol. The van der Waals surface area contributed by atoms with Gasteiger partial charge in [0.2, 0.25) is 0 Å². The predicted molar refractivity (Wildman–Crippen MR) is 135 cm³/mol. The number of nitrogens with zero attached hydrogens (tertiary/aromatic N) is 1. The molecule has 186 valence electrons. The zero-order chi connectivity index (χ0) is 23.8. The van der Waals surface area contributed by atoms with Gasteiger partial charge in [-0.05, 0) is 101 Å². The summed E-state index contributed by atoms with van der Waals surface area (Å²) >= 11 is 0. The first-order valence-electron chi connectivity index (χ1n) is 13.5. The number of fused-ring (bicyclic) bond motifs is 1. The van der Waals surface area contributed by atoms with Crippen molar-refractivity contribution in [3.8, 4) is 0 Å². The minimum absolute atomic E-state index is 0.349. The lowest BCUT2D eigenvalue weighted by molar-refractivity contribution is -0.0698. The Bertz CT molecular complexity index is 747. The molecule has 1 saturated heterocycles. The molecule has 0 amide bonds. The molecule has 2 N–H and O–H groups in total. The second-order valence-corrected chi connectivity index (χ2v) is 12.0. The van der Waals surface area contributed by atoms with Crippen molar-refractivity contribution in [2.45, 2.75) is 103 Å². The molecule has 4 nitrogen and oxygen atoms in total. The van der Waals surface area contributed by atoms with Gasteiger partial charge in [-0.3, -0.25) is 4.90 Å². The Morgan fingerprint density at radius 3 is 2.45 bits per heavy atom. The fourth-order valence-corrected chi connectivity index (χ4v) is 7.69. The number of aliphatic hydroxyl groups is 2. The maximum absolute atomic E-state index is 10.2. The van der Waals surface area contributed by atoms with Gasteiger partial charge in [0.15, 0.2) is 0 Å². The van der Waals surface area contributed by atoms with Crippen molar-refractivity contribution in [1.29, 1.82) is 0 Å². The molecule has 0 radical (unpaired) electrons. The van der Waals surface area contributed by atoms with Gasteiger partial charge in [0.05, 0.1) is 24.4 Å². The predicted octanol–water partition coefficient (Wildman–Crippen LogP) is 5.26. The maximum atomic E-state index is 10.2. The Morgan fingerprint density at radius 1 is 1.12 bits per heavy atom. The smallest absolute Gasteiger partial charge is 0.0809 e. The van der Waals surface area contributed by atoms with Crippen molar-refractivity contribution in [3.05, 3.63) is 35.5 Å². The lowest BCUT2D eigenvalue weighted by Gasteiger charge is -2.45. The largest absolute Gasteiger partial charge is 0.388 e. The number of hydrogen-bond acceptors (Lipinski definition) is 4. The highest BCUT2D eigenvalue weighted by Gasteiger charge is 2.50. The van der Waals surface area contributed by atoms with E-state index in [0.717, 1.165) is 30.5 Å². The molecule has 3 saturated carbocycles. The summed E-state index contributed by atoms with van der Waals surface area (Å²) in [7, 11) is 0. The van der Waals surface area contributed by atoms with Crippen LogP contribution in [0.1, 0.15) is 79.1 Å². The molecule has 4 fully saturated rings. The Kier molecular flexibility index (Phi) is 7.90. The Hall–Kier alpha value is -0.940. The summed E-state index contributed by atoms with van der Waals surface area (Å²) in [5.74, 6) is 2.24. The number of ether oxygens (including phenoxy) is 1. The number of rotatable bonds is 5. The van der Waals surface area contributed by atoms with Gasteiger partial charge < -0.3 is 14.9 Å². The maximum Gasteiger partial charge on any atom is 0.0809 e. The Balaban J connectivity index is 1.39. The zero-order valence-corrected chi connectivity index (χ0v) is 21.4. The van der Waals surface area contributed by atoms with Gasteiger partial charge in [-0.15, -0.1) is 0 Å². The third-order valence-corrected chi connectivity index (χ3v) is 9.42. The van der Waals surface area contributed by atoms with E-state index >= 15 is 0 Å². The molecular formula is C29H47NO3. The minimum Gasteiger partial charge on any atom is -0.388 e. The molecule has 1 heterocycles. The molecular weight excluding hydrogens is 410 g/mol. The van der Waals surface area contributed by atoms with Crippen molar-refractivity contribution in [3.63, 3.8) is 0 Å². The van der Waals surface area contributed by atoms with E-state index < -0.39 is 12.2 Å². The van der Waals surface area contributed by atoms with Crippen molar-refractivity contribution < 1.29 is 14.9 Å². The van der Waals surface area contributed by atoms with E-state index in [-0.39, 0.29) is 0 Å². The summed E-state index contributed by atoms with van der Waals surface area (Å²) in [4.78, 5) is 2.62. The number of allylic oxidation sites excluding steroid dienone is 3. The lowest BCUT2D eigenvalue weighted by atomic mass is 9.61. The van der Waals surface area contributed by atoms with Crippen molar-refractivity contribution >= 4 is 0 Å². The van der Waals surface area contributed by atoms with Gasteiger partial charge >= 0.3 is 0 Å². The van der Waals surface area contributed by atoms with Crippen molar-refractivity contribution in [1.82, 2.24) is 4.90 Å². The highest BCUT2D eigenvalue weighted by atomic mass is 16.5. The third-order valence-electron chi connectivity index (χ3n) is 9.42. The molecule has 4 aliphatic rings. The van der Waals surface area contributed by atoms with E-state index in [4.69, 9.17) is 4.74 Å². The van der Waals surface area contributed by atoms with Crippen LogP contribution in [0.3, 0.4) is 0 Å². The van der Waals surface area contributed by atoms with Crippen LogP contribution in [0.15, 0.2) is 35.5 Å². The van der Waals surface area contributed by atoms with E-state index in [9.17, 15) is 10.2 Å². The average Bonchev–Trinajstić information content (AvgIpc) is 3.11. The zero-order valence-electron chi connectivity index (χ0n) is 21.4. The monoisotopic (exact) mass is 457 g/mol. The molecule has 1 unspecified atom stereocenters. The van der Waals surface area contributed by atoms with Gasteiger partial charge in [0.1, 0.15) is 0 Å². The lowest BCUT2D eigenvalue weighted by Crippen LogP contribution is -2.46. The van der Waals surface area contributed by atoms with E-state index in [1.807, 2.05) is 0 Å². The highest BCUT2D eigenvalue weighted by Crippen LogP contribution is 2.59. The van der Waals surface area contributed by atoms with Crippen molar-refractivity contribution in [2.75, 3.05) is 19.6 Å². The SMILES string of the molecule is C=C1[C@H](O)CC(=C/C=C2\CCC[C@]3(C)[C@@H](C(C)CCN4C[C@@H](C)O[C@@H](C)C4)CC[C@@H]23)C[C@H]1O. The topological polar surface area (TPSA) is 52.9 Å². The fourth-order valence-electron chi connectivity index (χ4n) is 7.69. The van der Waals surface area contributed by atoms with Gasteiger partial charge in [0, 0.05) is 13.1 Å². The molecule has 33 heavy (non-hydrogen) atoms. The van der Waals surface area contributed by atoms with Gasteiger partial charge in [0.25, 0.3) is 0 Å². The number of morpholine rings is 1. The molecule has 4 rings (SSSR count). The molecule has 4 heteroatoms. The second kappa shape index (κ2) is 10.4. The number of aliphatic hydroxyl groups excluding tert-OH is 2. The molecule has 0 aromatic heterocycles. The number of hydrogen-bond donors (Lipinski definition) is 2. The summed E-state index contributed by atoms with van der Waals surface area (Å²) in [6, 6.07) is 0. The molecule has 0 aromatic carbocycles. The summed E-state index contributed by atoms with van der Waals surface area (Å²) in [6.45, 7) is 16.6. The highest BCUT2D eigenvalue weighted by molar-refractivity contribution is 5.29. The normalized spacial score (nSPS) is 42.4. The minimum atomic E-state index is -0.607. The van der Waals surface area contributed by atoms with Crippen LogP contribution in [0.2, 0.25) is 0 Å². The van der Waals surface area contributed by atoms with Crippen LogP contribution in [0.4, 0.5) is 0 Å². The van der Waals surface area contributed by atoms with Crippen LogP contribution in [-0.4, -0.2) is 59.2 Å². The molecule has 0 aromatic rings. The Morgan fingerprint density at radius 2 is 1.79 bits per heavy atom. The molecule has 1 aliphatic heterocycles. The van der Waals surface area contributed by atoms with Crippen LogP contribution in [0, 0.1) is 23.2 Å². The van der Waals surface area contributed by atoms with Crippen LogP contribution >= 0.6 is 0 Å². The van der Waals surface area contributed by atoms with Gasteiger partial charge in [-0.25, -0.2) is 0 Å². The van der Waals surface area contributed by atoms with E-state index in [1.54, 1.807) is 5.57 Å². The summed E-state index contributed by atoms with van der Waals surface area (Å²) in [5, 5.41) is 20.4.